The van der Waals surface area contributed by atoms with Crippen molar-refractivity contribution in [1.82, 2.24) is 4.98 Å². The van der Waals surface area contributed by atoms with E-state index < -0.39 is 4.92 Å². The van der Waals surface area contributed by atoms with Crippen molar-refractivity contribution >= 4 is 44.6 Å². The molecule has 32 heavy (non-hydrogen) atoms. The lowest BCUT2D eigenvalue weighted by molar-refractivity contribution is -0.385. The van der Waals surface area contributed by atoms with E-state index in [0.29, 0.717) is 22.7 Å². The minimum atomic E-state index is -0.529. The molecule has 1 N–H and O–H groups in total. The smallest absolute Gasteiger partial charge is 0.271 e. The molecule has 162 valence electrons. The normalized spacial score (nSPS) is 12.0. The van der Waals surface area contributed by atoms with Crippen molar-refractivity contribution in [3.8, 4) is 17.2 Å². The highest BCUT2D eigenvalue weighted by Crippen LogP contribution is 2.33. The largest absolute Gasteiger partial charge is 0.506 e. The molecule has 4 rings (SSSR count). The number of halogens is 1. The maximum atomic E-state index is 11.1. The van der Waals surface area contributed by atoms with Gasteiger partial charge in [-0.25, -0.2) is 4.98 Å². The quantitative estimate of drug-likeness (QED) is 0.189. The van der Waals surface area contributed by atoms with Crippen molar-refractivity contribution in [2.75, 3.05) is 0 Å². The van der Waals surface area contributed by atoms with Crippen molar-refractivity contribution < 1.29 is 14.4 Å². The van der Waals surface area contributed by atoms with Gasteiger partial charge in [0.05, 0.1) is 15.1 Å². The third-order valence-electron chi connectivity index (χ3n) is 5.01. The van der Waals surface area contributed by atoms with E-state index in [1.807, 2.05) is 12.1 Å². The third kappa shape index (κ3) is 4.40. The van der Waals surface area contributed by atoms with E-state index in [9.17, 15) is 15.2 Å². The van der Waals surface area contributed by atoms with Crippen molar-refractivity contribution in [2.45, 2.75) is 26.2 Å². The van der Waals surface area contributed by atoms with E-state index in [1.165, 1.54) is 23.9 Å². The fraction of sp³-hybridized carbons (Fsp3) is 0.167. The molecule has 0 saturated heterocycles. The molecule has 7 nitrogen and oxygen atoms in total. The number of phenols is 1. The van der Waals surface area contributed by atoms with Gasteiger partial charge in [0.15, 0.2) is 5.58 Å². The first kappa shape index (κ1) is 21.7. The lowest BCUT2D eigenvalue weighted by Crippen LogP contribution is -2.10. The summed E-state index contributed by atoms with van der Waals surface area (Å²) in [5.74, 6) is 0.393. The molecule has 0 aliphatic rings. The molecule has 0 unspecified atom stereocenters. The zero-order valence-electron chi connectivity index (χ0n) is 17.7. The van der Waals surface area contributed by atoms with Crippen LogP contribution < -0.4 is 0 Å². The number of aliphatic imine (C=N–C) groups is 1. The average Bonchev–Trinajstić information content (AvgIpc) is 3.17. The maximum Gasteiger partial charge on any atom is 0.271 e. The van der Waals surface area contributed by atoms with Crippen molar-refractivity contribution in [3.05, 3.63) is 80.3 Å². The molecule has 8 heteroatoms. The first-order chi connectivity index (χ1) is 15.1. The number of phenolic OH excluding ortho intramolecular Hbond substituents is 1. The Morgan fingerprint density at radius 3 is 2.50 bits per heavy atom. The number of hydrogen-bond acceptors (Lipinski definition) is 6. The number of aromatic hydroxyl groups is 1. The number of hydrogen-bond donors (Lipinski definition) is 1. The lowest BCUT2D eigenvalue weighted by Gasteiger charge is -2.18. The van der Waals surface area contributed by atoms with Gasteiger partial charge in [-0.15, -0.1) is 0 Å². The molecule has 3 aromatic carbocycles. The maximum absolute atomic E-state index is 11.1. The zero-order chi connectivity index (χ0) is 23.0. The summed E-state index contributed by atoms with van der Waals surface area (Å²) in [6.45, 7) is 6.49. The zero-order valence-corrected chi connectivity index (χ0v) is 19.3. The van der Waals surface area contributed by atoms with E-state index in [1.54, 1.807) is 18.2 Å². The van der Waals surface area contributed by atoms with Crippen LogP contribution in [0.1, 0.15) is 31.9 Å². The minimum absolute atomic E-state index is 0.0654. The molecule has 0 atom stereocenters. The number of benzene rings is 3. The Morgan fingerprint density at radius 1 is 1.12 bits per heavy atom. The lowest BCUT2D eigenvalue weighted by atomic mass is 9.87. The first-order valence-corrected chi connectivity index (χ1v) is 10.6. The summed E-state index contributed by atoms with van der Waals surface area (Å²) in [7, 11) is 0. The summed E-state index contributed by atoms with van der Waals surface area (Å²) in [6, 6.07) is 15.9. The third-order valence-corrected chi connectivity index (χ3v) is 5.61. The van der Waals surface area contributed by atoms with Crippen LogP contribution in [0.4, 0.5) is 11.4 Å². The van der Waals surface area contributed by atoms with E-state index in [-0.39, 0.29) is 26.9 Å². The number of fused-ring (bicyclic) bond motifs is 1. The molecule has 0 aliphatic carbocycles. The van der Waals surface area contributed by atoms with Crippen LogP contribution in [-0.2, 0) is 5.41 Å². The van der Waals surface area contributed by atoms with Gasteiger partial charge >= 0.3 is 0 Å². The van der Waals surface area contributed by atoms with Gasteiger partial charge in [0.2, 0.25) is 5.89 Å². The standard InChI is InChI=1S/C24H20BrN3O4/c1-24(2,3)16-6-4-14(5-7-16)23-27-20-11-17(8-9-21(20)32-23)26-13-15-10-18(28(30)31)12-19(25)22(15)29/h4-13,29H,1-3H3. The second-order valence-corrected chi connectivity index (χ2v) is 9.23. The van der Waals surface area contributed by atoms with Crippen LogP contribution in [0.3, 0.4) is 0 Å². The second kappa shape index (κ2) is 8.20. The van der Waals surface area contributed by atoms with E-state index >= 15 is 0 Å². The van der Waals surface area contributed by atoms with Crippen molar-refractivity contribution in [1.29, 1.82) is 0 Å². The van der Waals surface area contributed by atoms with Crippen molar-refractivity contribution in [3.63, 3.8) is 0 Å². The van der Waals surface area contributed by atoms with Crippen molar-refractivity contribution in [2.24, 2.45) is 4.99 Å². The molecule has 0 fully saturated rings. The summed E-state index contributed by atoms with van der Waals surface area (Å²) in [5.41, 5.74) is 4.09. The fourth-order valence-electron chi connectivity index (χ4n) is 3.19. The highest BCUT2D eigenvalue weighted by atomic mass is 79.9. The molecule has 0 bridgehead atoms. The van der Waals surface area contributed by atoms with Crippen LogP contribution in [-0.4, -0.2) is 21.2 Å². The summed E-state index contributed by atoms with van der Waals surface area (Å²) in [4.78, 5) is 19.4. The van der Waals surface area contributed by atoms with Gasteiger partial charge in [0.25, 0.3) is 5.69 Å². The van der Waals surface area contributed by atoms with Gasteiger partial charge < -0.3 is 9.52 Å². The van der Waals surface area contributed by atoms with Gasteiger partial charge in [-0.3, -0.25) is 15.1 Å². The Bertz CT molecular complexity index is 1350. The number of nitro benzene ring substituents is 1. The molecule has 0 aliphatic heterocycles. The Hall–Kier alpha value is -3.52. The van der Waals surface area contributed by atoms with Crippen LogP contribution in [0, 0.1) is 10.1 Å². The number of nitrogens with zero attached hydrogens (tertiary/aromatic N) is 3. The van der Waals surface area contributed by atoms with E-state index in [0.717, 1.165) is 5.56 Å². The predicted octanol–water partition coefficient (Wildman–Crippen LogP) is 6.92. The highest BCUT2D eigenvalue weighted by Gasteiger charge is 2.15. The van der Waals surface area contributed by atoms with E-state index in [2.05, 4.69) is 58.8 Å². The van der Waals surface area contributed by atoms with Gasteiger partial charge in [-0.2, -0.15) is 0 Å². The number of oxazole rings is 1. The number of non-ortho nitro benzene ring substituents is 1. The average molecular weight is 494 g/mol. The highest BCUT2D eigenvalue weighted by molar-refractivity contribution is 9.10. The molecule has 0 radical (unpaired) electrons. The fourth-order valence-corrected chi connectivity index (χ4v) is 3.65. The molecular formula is C24H20BrN3O4. The molecule has 0 saturated carbocycles. The van der Waals surface area contributed by atoms with Gasteiger partial charge in [-0.05, 0) is 57.2 Å². The topological polar surface area (TPSA) is 102 Å². The van der Waals surface area contributed by atoms with Crippen LogP contribution in [0.5, 0.6) is 5.75 Å². The second-order valence-electron chi connectivity index (χ2n) is 8.38. The van der Waals surface area contributed by atoms with Gasteiger partial charge in [-0.1, -0.05) is 32.9 Å². The van der Waals surface area contributed by atoms with Crippen LogP contribution >= 0.6 is 15.9 Å². The van der Waals surface area contributed by atoms with Crippen LogP contribution in [0.25, 0.3) is 22.6 Å². The Morgan fingerprint density at radius 2 is 1.84 bits per heavy atom. The number of rotatable bonds is 4. The summed E-state index contributed by atoms with van der Waals surface area (Å²) in [6.07, 6.45) is 1.38. The Kier molecular flexibility index (Phi) is 5.56. The van der Waals surface area contributed by atoms with Crippen LogP contribution in [0.15, 0.2) is 68.5 Å². The summed E-state index contributed by atoms with van der Waals surface area (Å²) < 4.78 is 6.11. The van der Waals surface area contributed by atoms with Gasteiger partial charge in [0.1, 0.15) is 11.3 Å². The van der Waals surface area contributed by atoms with E-state index in [4.69, 9.17) is 4.42 Å². The monoisotopic (exact) mass is 493 g/mol. The number of aromatic nitrogens is 1. The molecule has 1 aromatic heterocycles. The molecular weight excluding hydrogens is 474 g/mol. The summed E-state index contributed by atoms with van der Waals surface area (Å²) >= 11 is 3.13. The minimum Gasteiger partial charge on any atom is -0.506 e. The molecule has 0 spiro atoms. The SMILES string of the molecule is CC(C)(C)c1ccc(-c2nc3cc(N=Cc4cc([N+](=O)[O-])cc(Br)c4O)ccc3o2)cc1. The molecule has 4 aromatic rings. The summed E-state index contributed by atoms with van der Waals surface area (Å²) in [5, 5.41) is 21.2. The Labute approximate surface area is 192 Å². The first-order valence-electron chi connectivity index (χ1n) is 9.84. The molecule has 0 amide bonds. The molecule has 1 heterocycles. The van der Waals surface area contributed by atoms with Crippen LogP contribution in [0.2, 0.25) is 0 Å². The number of nitro groups is 1. The Balaban J connectivity index is 1.63. The predicted molar refractivity (Wildman–Crippen MR) is 128 cm³/mol. The van der Waals surface area contributed by atoms with Gasteiger partial charge in [0, 0.05) is 29.5 Å².